The molecule has 16 heteroatoms. The molecule has 0 saturated carbocycles. The number of carbonyl (C=O) groups excluding carboxylic acids is 1. The first-order valence-corrected chi connectivity index (χ1v) is 30.7. The third-order valence-corrected chi connectivity index (χ3v) is 15.3. The van der Waals surface area contributed by atoms with Gasteiger partial charge in [-0.15, -0.1) is 0 Å². The highest BCUT2D eigenvalue weighted by Gasteiger charge is 2.15. The first-order valence-electron chi connectivity index (χ1n) is 30.7. The summed E-state index contributed by atoms with van der Waals surface area (Å²) in [6.07, 6.45) is 0.885. The lowest BCUT2D eigenvalue weighted by Crippen LogP contribution is -2.25. The minimum Gasteiger partial charge on any atom is -0.497 e. The van der Waals surface area contributed by atoms with Crippen molar-refractivity contribution in [3.63, 3.8) is 0 Å². The highest BCUT2D eigenvalue weighted by molar-refractivity contribution is 6.02. The van der Waals surface area contributed by atoms with Gasteiger partial charge in [0, 0.05) is 49.0 Å². The Morgan fingerprint density at radius 2 is 0.624 bits per heavy atom. The van der Waals surface area contributed by atoms with Crippen molar-refractivity contribution in [2.45, 2.75) is 79.5 Å². The zero-order valence-corrected chi connectivity index (χ0v) is 53.9. The first-order chi connectivity index (χ1) is 45.4. The van der Waals surface area contributed by atoms with Crippen LogP contribution in [0.15, 0.2) is 182 Å². The molecule has 16 nitrogen and oxygen atoms in total. The minimum atomic E-state index is -0.474. The molecule has 93 heavy (non-hydrogen) atoms. The van der Waals surface area contributed by atoms with Crippen LogP contribution in [0.4, 0.5) is 4.79 Å². The van der Waals surface area contributed by atoms with Crippen molar-refractivity contribution in [3.8, 4) is 69.0 Å². The fourth-order valence-electron chi connectivity index (χ4n) is 10.8. The van der Waals surface area contributed by atoms with Crippen LogP contribution in [0.1, 0.15) is 68.5 Å². The van der Waals surface area contributed by atoms with Gasteiger partial charge >= 0.3 is 6.09 Å². The second-order valence-electron chi connectivity index (χ2n) is 22.4. The highest BCUT2D eigenvalue weighted by atomic mass is 16.6. The number of hydrogen-bond acceptors (Lipinski definition) is 15. The van der Waals surface area contributed by atoms with E-state index in [4.69, 9.17) is 66.3 Å². The Morgan fingerprint density at radius 1 is 0.323 bits per heavy atom. The quantitative estimate of drug-likeness (QED) is 0.0306. The number of alkyl carbamates (subject to hydrolysis) is 1. The summed E-state index contributed by atoms with van der Waals surface area (Å²) in [6.45, 7) is 6.60. The second-order valence-corrected chi connectivity index (χ2v) is 22.4. The van der Waals surface area contributed by atoms with Gasteiger partial charge in [0.1, 0.15) is 115 Å². The smallest absolute Gasteiger partial charge is 0.407 e. The van der Waals surface area contributed by atoms with Crippen LogP contribution >= 0.6 is 0 Å². The lowest BCUT2D eigenvalue weighted by molar-refractivity contribution is 0.115. The van der Waals surface area contributed by atoms with Gasteiger partial charge in [0.05, 0.1) is 49.3 Å². The van der Waals surface area contributed by atoms with E-state index in [2.05, 4.69) is 47.8 Å². The maximum atomic E-state index is 13.0. The standard InChI is InChI=1S/C77H79NO15/c1-51-21-53(25-62(23-51)80-3)44-87-70-33-58(35-72(41-70)89-46-56-27-64(82-5)38-65(28-56)83-6)48-91-68-31-55(43-86-20-14-13-19-78-77(79)93-50-76-74-17-11-9-15-60(74)37-61-16-10-12-18-75(61)76)32-69(40-68)92-49-59-34-71(88-45-54-22-52(2)24-63(26-54)81-4)42-73(36-59)90-47-57-29-66(84-7)39-67(30-57)85-8/h9-12,15-18,21-42H,13-14,19-20,43-50H2,1-8H3,(H,78,79). The first kappa shape index (κ1) is 65.5. The van der Waals surface area contributed by atoms with E-state index in [0.717, 1.165) is 88.7 Å². The molecule has 10 aromatic rings. The van der Waals surface area contributed by atoms with Gasteiger partial charge in [-0.05, 0) is 189 Å². The Bertz CT molecular complexity index is 3860. The summed E-state index contributed by atoms with van der Waals surface area (Å²) >= 11 is 0. The molecule has 0 atom stereocenters. The van der Waals surface area contributed by atoms with Crippen molar-refractivity contribution in [2.24, 2.45) is 0 Å². The second kappa shape index (κ2) is 32.5. The molecule has 10 rings (SSSR count). The van der Waals surface area contributed by atoms with E-state index in [1.807, 2.05) is 153 Å². The van der Waals surface area contributed by atoms with Gasteiger partial charge in [-0.1, -0.05) is 60.7 Å². The monoisotopic (exact) mass is 1260 g/mol. The van der Waals surface area contributed by atoms with Gasteiger partial charge in [0.15, 0.2) is 0 Å². The molecule has 0 aliphatic carbocycles. The SMILES string of the molecule is COc1cc(C)cc(COc2cc(COc3cc(COCCCCNC(=O)OCc4c5ccccc5cc5ccccc45)cc(OCc4cc(OCc5cc(C)cc(OC)c5)cc(OCc5cc(OC)cc(OC)c5)c4)c3)cc(OCc3cc(OC)cc(OC)c3)c2)c1. The molecule has 0 heterocycles. The normalized spacial score (nSPS) is 11.0. The molecule has 1 amide bonds. The number of fused-ring (bicyclic) bond motifs is 2. The van der Waals surface area contributed by atoms with Gasteiger partial charge in [0.25, 0.3) is 0 Å². The van der Waals surface area contributed by atoms with Crippen LogP contribution in [0.3, 0.4) is 0 Å². The maximum Gasteiger partial charge on any atom is 0.407 e. The van der Waals surface area contributed by atoms with Gasteiger partial charge in [0.2, 0.25) is 0 Å². The molecule has 0 bridgehead atoms. The van der Waals surface area contributed by atoms with Crippen molar-refractivity contribution < 1.29 is 71.1 Å². The Hall–Kier alpha value is -10.5. The third-order valence-electron chi connectivity index (χ3n) is 15.3. The third kappa shape index (κ3) is 19.1. The largest absolute Gasteiger partial charge is 0.497 e. The summed E-state index contributed by atoms with van der Waals surface area (Å²) < 4.78 is 84.5. The van der Waals surface area contributed by atoms with Gasteiger partial charge in [-0.3, -0.25) is 0 Å². The molecule has 1 N–H and O–H groups in total. The van der Waals surface area contributed by atoms with Crippen LogP contribution in [-0.4, -0.2) is 61.9 Å². The molecule has 0 spiro atoms. The van der Waals surface area contributed by atoms with Gasteiger partial charge in [-0.2, -0.15) is 0 Å². The molecule has 0 radical (unpaired) electrons. The molecule has 0 aromatic heterocycles. The topological polar surface area (TPSA) is 158 Å². The zero-order chi connectivity index (χ0) is 64.9. The Labute approximate surface area is 543 Å². The number of carbonyl (C=O) groups is 1. The van der Waals surface area contributed by atoms with Crippen molar-refractivity contribution >= 4 is 27.6 Å². The molecular weight excluding hydrogens is 1180 g/mol. The summed E-state index contributed by atoms with van der Waals surface area (Å²) in [5, 5.41) is 7.23. The van der Waals surface area contributed by atoms with E-state index in [1.165, 1.54) is 0 Å². The number of unbranched alkanes of at least 4 members (excludes halogenated alkanes) is 1. The van der Waals surface area contributed by atoms with Crippen LogP contribution in [0.25, 0.3) is 21.5 Å². The number of hydrogen-bond donors (Lipinski definition) is 1. The molecule has 10 aromatic carbocycles. The number of benzene rings is 10. The average Bonchev–Trinajstić information content (AvgIpc) is 0.856. The Balaban J connectivity index is 0.857. The summed E-state index contributed by atoms with van der Waals surface area (Å²) in [4.78, 5) is 13.0. The number of methoxy groups -OCH3 is 6. The van der Waals surface area contributed by atoms with Crippen LogP contribution < -0.4 is 62.2 Å². The van der Waals surface area contributed by atoms with Crippen molar-refractivity contribution in [1.29, 1.82) is 0 Å². The van der Waals surface area contributed by atoms with E-state index in [1.54, 1.807) is 42.7 Å². The number of amides is 1. The molecule has 0 aliphatic heterocycles. The molecule has 0 aliphatic rings. The maximum absolute atomic E-state index is 13.0. The number of ether oxygens (including phenoxy) is 14. The number of aryl methyl sites for hydroxylation is 2. The van der Waals surface area contributed by atoms with Gasteiger partial charge in [-0.25, -0.2) is 4.79 Å². The zero-order valence-electron chi connectivity index (χ0n) is 53.9. The molecule has 0 fully saturated rings. The van der Waals surface area contributed by atoms with E-state index in [9.17, 15) is 4.79 Å². The van der Waals surface area contributed by atoms with Crippen molar-refractivity contribution in [3.05, 3.63) is 238 Å². The predicted octanol–water partition coefficient (Wildman–Crippen LogP) is 16.4. The average molecular weight is 1260 g/mol. The van der Waals surface area contributed by atoms with Crippen LogP contribution in [-0.2, 0) is 62.3 Å². The summed E-state index contributed by atoms with van der Waals surface area (Å²) in [5.41, 5.74) is 9.09. The summed E-state index contributed by atoms with van der Waals surface area (Å²) in [7, 11) is 9.76. The van der Waals surface area contributed by atoms with E-state index in [-0.39, 0.29) is 52.9 Å². The van der Waals surface area contributed by atoms with Crippen molar-refractivity contribution in [1.82, 2.24) is 5.32 Å². The fourth-order valence-corrected chi connectivity index (χ4v) is 10.8. The minimum absolute atomic E-state index is 0.141. The highest BCUT2D eigenvalue weighted by Crippen LogP contribution is 2.34. The van der Waals surface area contributed by atoms with Crippen molar-refractivity contribution in [2.75, 3.05) is 55.8 Å². The van der Waals surface area contributed by atoms with E-state index in [0.29, 0.717) is 83.5 Å². The van der Waals surface area contributed by atoms with Gasteiger partial charge < -0.3 is 71.6 Å². The summed E-state index contributed by atoms with van der Waals surface area (Å²) in [6, 6.07) is 58.9. The molecule has 0 saturated heterocycles. The Morgan fingerprint density at radius 3 is 0.978 bits per heavy atom. The lowest BCUT2D eigenvalue weighted by Gasteiger charge is -2.16. The Kier molecular flexibility index (Phi) is 22.9. The lowest BCUT2D eigenvalue weighted by atomic mass is 9.97. The van der Waals surface area contributed by atoms with E-state index >= 15 is 0 Å². The van der Waals surface area contributed by atoms with Crippen LogP contribution in [0, 0.1) is 13.8 Å². The number of nitrogens with one attached hydrogen (secondary N) is 1. The summed E-state index contributed by atoms with van der Waals surface area (Å²) in [5.74, 6) is 7.48. The molecule has 0 unspecified atom stereocenters. The number of rotatable bonds is 33. The predicted molar refractivity (Wildman–Crippen MR) is 358 cm³/mol. The molecular formula is C77H79NO15. The molecule has 482 valence electrons. The fraction of sp³-hybridized carbons (Fsp3) is 0.260. The van der Waals surface area contributed by atoms with E-state index < -0.39 is 6.09 Å². The van der Waals surface area contributed by atoms with Crippen LogP contribution in [0.2, 0.25) is 0 Å². The van der Waals surface area contributed by atoms with Crippen LogP contribution in [0.5, 0.6) is 69.0 Å².